The summed E-state index contributed by atoms with van der Waals surface area (Å²) in [6, 6.07) is 7.80. The molecule has 0 spiro atoms. The Balaban J connectivity index is 0.00000264. The number of imidazole rings is 1. The molecule has 1 aromatic heterocycles. The van der Waals surface area contributed by atoms with Gasteiger partial charge in [-0.3, -0.25) is 4.57 Å². The first-order valence-electron chi connectivity index (χ1n) is 6.94. The standard InChI is InChI=1S/C15H19F2N5.HI/c1-10(2)11-4-3-5-12(8-11)21-15(18)20-9-13-19-6-7-22(13)14(16)17;/h3-8,10,14H,9H2,1-2H3,(H3,18,20,21);1H. The lowest BCUT2D eigenvalue weighted by Gasteiger charge is -2.10. The highest BCUT2D eigenvalue weighted by atomic mass is 127. The molecule has 0 saturated heterocycles. The Kier molecular flexibility index (Phi) is 7.40. The molecule has 0 radical (unpaired) electrons. The van der Waals surface area contributed by atoms with Gasteiger partial charge in [0.15, 0.2) is 5.96 Å². The molecule has 0 aliphatic carbocycles. The van der Waals surface area contributed by atoms with Crippen LogP contribution < -0.4 is 11.1 Å². The Labute approximate surface area is 151 Å². The van der Waals surface area contributed by atoms with Crippen LogP contribution in [0.3, 0.4) is 0 Å². The average Bonchev–Trinajstić information content (AvgIpc) is 2.94. The molecule has 0 bridgehead atoms. The first-order chi connectivity index (χ1) is 10.5. The van der Waals surface area contributed by atoms with E-state index < -0.39 is 6.55 Å². The molecule has 0 aliphatic heterocycles. The molecule has 2 rings (SSSR count). The Bertz CT molecular complexity index is 655. The van der Waals surface area contributed by atoms with Crippen molar-refractivity contribution in [2.75, 3.05) is 5.32 Å². The number of rotatable bonds is 5. The lowest BCUT2D eigenvalue weighted by molar-refractivity contribution is 0.0671. The molecule has 3 N–H and O–H groups in total. The van der Waals surface area contributed by atoms with Crippen molar-refractivity contribution in [3.8, 4) is 0 Å². The van der Waals surface area contributed by atoms with Gasteiger partial charge in [0, 0.05) is 18.1 Å². The van der Waals surface area contributed by atoms with Crippen LogP contribution in [0.25, 0.3) is 0 Å². The molecule has 2 aromatic rings. The van der Waals surface area contributed by atoms with Crippen molar-refractivity contribution < 1.29 is 8.78 Å². The largest absolute Gasteiger partial charge is 0.370 e. The number of benzene rings is 1. The molecule has 0 fully saturated rings. The quantitative estimate of drug-likeness (QED) is 0.425. The molecule has 0 aliphatic rings. The zero-order valence-electron chi connectivity index (χ0n) is 12.9. The first kappa shape index (κ1) is 19.3. The second-order valence-corrected chi connectivity index (χ2v) is 5.14. The van der Waals surface area contributed by atoms with E-state index in [1.165, 1.54) is 18.0 Å². The maximum absolute atomic E-state index is 12.7. The summed E-state index contributed by atoms with van der Waals surface area (Å²) in [5.74, 6) is 0.721. The van der Waals surface area contributed by atoms with Gasteiger partial charge in [0.25, 0.3) is 0 Å². The van der Waals surface area contributed by atoms with Gasteiger partial charge in [0.2, 0.25) is 0 Å². The Morgan fingerprint density at radius 3 is 2.78 bits per heavy atom. The van der Waals surface area contributed by atoms with Crippen molar-refractivity contribution in [1.29, 1.82) is 0 Å². The molecule has 8 heteroatoms. The predicted octanol–water partition coefficient (Wildman–Crippen LogP) is 3.95. The van der Waals surface area contributed by atoms with Crippen molar-refractivity contribution >= 4 is 35.6 Å². The van der Waals surface area contributed by atoms with Crippen LogP contribution in [0.5, 0.6) is 0 Å². The highest BCUT2D eigenvalue weighted by Crippen LogP contribution is 2.18. The van der Waals surface area contributed by atoms with Crippen LogP contribution in [0, 0.1) is 0 Å². The van der Waals surface area contributed by atoms with E-state index in [4.69, 9.17) is 5.73 Å². The molecule has 0 amide bonds. The van der Waals surface area contributed by atoms with Crippen molar-refractivity contribution in [2.24, 2.45) is 10.7 Å². The summed E-state index contributed by atoms with van der Waals surface area (Å²) >= 11 is 0. The summed E-state index contributed by atoms with van der Waals surface area (Å²) in [4.78, 5) is 7.89. The van der Waals surface area contributed by atoms with Crippen LogP contribution in [0.2, 0.25) is 0 Å². The summed E-state index contributed by atoms with van der Waals surface area (Å²) in [5, 5.41) is 2.95. The highest BCUT2D eigenvalue weighted by molar-refractivity contribution is 14.0. The number of nitrogens with one attached hydrogen (secondary N) is 1. The Morgan fingerprint density at radius 2 is 2.13 bits per heavy atom. The lowest BCUT2D eigenvalue weighted by atomic mass is 10.0. The topological polar surface area (TPSA) is 68.2 Å². The fraction of sp³-hybridized carbons (Fsp3) is 0.333. The molecule has 0 unspecified atom stereocenters. The number of guanidine groups is 1. The van der Waals surface area contributed by atoms with Gasteiger partial charge in [0.1, 0.15) is 12.4 Å². The zero-order valence-corrected chi connectivity index (χ0v) is 15.2. The minimum atomic E-state index is -2.63. The van der Waals surface area contributed by atoms with Crippen molar-refractivity contribution in [1.82, 2.24) is 9.55 Å². The SMILES string of the molecule is CC(C)c1cccc(NC(N)=NCc2nccn2C(F)F)c1.I. The van der Waals surface area contributed by atoms with Crippen LogP contribution in [0.1, 0.15) is 37.7 Å². The van der Waals surface area contributed by atoms with Gasteiger partial charge in [-0.25, -0.2) is 9.98 Å². The Hall–Kier alpha value is -1.71. The van der Waals surface area contributed by atoms with Gasteiger partial charge in [-0.15, -0.1) is 24.0 Å². The van der Waals surface area contributed by atoms with E-state index in [1.807, 2.05) is 24.3 Å². The van der Waals surface area contributed by atoms with E-state index in [0.29, 0.717) is 5.92 Å². The number of halogens is 3. The summed E-state index contributed by atoms with van der Waals surface area (Å²) in [6.45, 7) is 1.55. The number of aromatic nitrogens is 2. The number of hydrogen-bond acceptors (Lipinski definition) is 2. The van der Waals surface area contributed by atoms with Crippen LogP contribution >= 0.6 is 24.0 Å². The van der Waals surface area contributed by atoms with E-state index in [0.717, 1.165) is 10.3 Å². The minimum Gasteiger partial charge on any atom is -0.370 e. The van der Waals surface area contributed by atoms with Crippen LogP contribution in [0.4, 0.5) is 14.5 Å². The maximum atomic E-state index is 12.7. The fourth-order valence-corrected chi connectivity index (χ4v) is 1.96. The summed E-state index contributed by atoms with van der Waals surface area (Å²) < 4.78 is 26.1. The van der Waals surface area contributed by atoms with Gasteiger partial charge in [0.05, 0.1) is 0 Å². The van der Waals surface area contributed by atoms with E-state index in [-0.39, 0.29) is 42.3 Å². The monoisotopic (exact) mass is 435 g/mol. The number of anilines is 1. The molecule has 1 heterocycles. The van der Waals surface area contributed by atoms with Gasteiger partial charge in [-0.2, -0.15) is 8.78 Å². The minimum absolute atomic E-state index is 0. The molecule has 126 valence electrons. The van der Waals surface area contributed by atoms with Crippen molar-refractivity contribution in [3.05, 3.63) is 48.0 Å². The number of hydrogen-bond donors (Lipinski definition) is 2. The molecule has 0 atom stereocenters. The normalized spacial score (nSPS) is 11.7. The fourth-order valence-electron chi connectivity index (χ4n) is 1.96. The molecular formula is C15H20F2IN5. The summed E-state index contributed by atoms with van der Waals surface area (Å²) in [6.07, 6.45) is 2.53. The molecule has 0 saturated carbocycles. The van der Waals surface area contributed by atoms with Gasteiger partial charge in [-0.1, -0.05) is 26.0 Å². The maximum Gasteiger partial charge on any atom is 0.319 e. The molecule has 5 nitrogen and oxygen atoms in total. The van der Waals surface area contributed by atoms with E-state index in [9.17, 15) is 8.78 Å². The molecular weight excluding hydrogens is 415 g/mol. The first-order valence-corrected chi connectivity index (χ1v) is 6.94. The van der Waals surface area contributed by atoms with E-state index >= 15 is 0 Å². The number of nitrogens with zero attached hydrogens (tertiary/aromatic N) is 3. The molecule has 23 heavy (non-hydrogen) atoms. The van der Waals surface area contributed by atoms with Crippen LogP contribution in [0.15, 0.2) is 41.7 Å². The summed E-state index contributed by atoms with van der Waals surface area (Å²) in [7, 11) is 0. The lowest BCUT2D eigenvalue weighted by Crippen LogP contribution is -2.23. The van der Waals surface area contributed by atoms with Crippen LogP contribution in [-0.4, -0.2) is 15.5 Å². The molecule has 1 aromatic carbocycles. The second kappa shape index (κ2) is 8.80. The zero-order chi connectivity index (χ0) is 16.1. The Morgan fingerprint density at radius 1 is 1.39 bits per heavy atom. The van der Waals surface area contributed by atoms with E-state index in [1.54, 1.807) is 0 Å². The average molecular weight is 435 g/mol. The second-order valence-electron chi connectivity index (χ2n) is 5.14. The summed E-state index contributed by atoms with van der Waals surface area (Å²) in [5.41, 5.74) is 7.77. The van der Waals surface area contributed by atoms with Crippen molar-refractivity contribution in [2.45, 2.75) is 32.9 Å². The van der Waals surface area contributed by atoms with E-state index in [2.05, 4.69) is 29.1 Å². The van der Waals surface area contributed by atoms with Gasteiger partial charge < -0.3 is 11.1 Å². The van der Waals surface area contributed by atoms with Gasteiger partial charge >= 0.3 is 6.55 Å². The predicted molar refractivity (Wildman–Crippen MR) is 98.4 cm³/mol. The highest BCUT2D eigenvalue weighted by Gasteiger charge is 2.10. The third kappa shape index (κ3) is 5.45. The number of nitrogens with two attached hydrogens (primary N) is 1. The van der Waals surface area contributed by atoms with Gasteiger partial charge in [-0.05, 0) is 23.6 Å². The van der Waals surface area contributed by atoms with Crippen LogP contribution in [-0.2, 0) is 6.54 Å². The van der Waals surface area contributed by atoms with Crippen molar-refractivity contribution in [3.63, 3.8) is 0 Å². The number of aliphatic imine (C=N–C) groups is 1. The smallest absolute Gasteiger partial charge is 0.319 e. The third-order valence-electron chi connectivity index (χ3n) is 3.18. The third-order valence-corrected chi connectivity index (χ3v) is 3.18. The number of alkyl halides is 2.